The summed E-state index contributed by atoms with van der Waals surface area (Å²) in [5.41, 5.74) is 0.524. The van der Waals surface area contributed by atoms with E-state index in [0.717, 1.165) is 4.31 Å². The van der Waals surface area contributed by atoms with Crippen LogP contribution in [0.1, 0.15) is 18.4 Å². The van der Waals surface area contributed by atoms with Crippen molar-refractivity contribution in [2.45, 2.75) is 19.0 Å². The van der Waals surface area contributed by atoms with Gasteiger partial charge in [0.2, 0.25) is 10.0 Å². The summed E-state index contributed by atoms with van der Waals surface area (Å²) in [5.74, 6) is -0.597. The largest absolute Gasteiger partial charge is 0.389 e. The fourth-order valence-corrected chi connectivity index (χ4v) is 2.74. The molecular weight excluding hydrogens is 293 g/mol. The first-order valence-corrected chi connectivity index (χ1v) is 7.30. The Balaban J connectivity index is 2.79. The highest BCUT2D eigenvalue weighted by Crippen LogP contribution is 2.23. The summed E-state index contributed by atoms with van der Waals surface area (Å²) < 4.78 is 60.7. The molecule has 4 nitrogen and oxygen atoms in total. The molecule has 0 fully saturated rings. The van der Waals surface area contributed by atoms with Crippen LogP contribution in [0.4, 0.5) is 18.9 Å². The van der Waals surface area contributed by atoms with Crippen LogP contribution in [0.3, 0.4) is 0 Å². The molecule has 0 heterocycles. The summed E-state index contributed by atoms with van der Waals surface area (Å²) in [6.45, 7) is 0. The molecule has 0 unspecified atom stereocenters. The molecule has 0 aromatic heterocycles. The summed E-state index contributed by atoms with van der Waals surface area (Å²) in [4.78, 5) is 0. The maximum absolute atomic E-state index is 12.0. The highest BCUT2D eigenvalue weighted by molar-refractivity contribution is 7.92. The minimum atomic E-state index is -4.37. The lowest BCUT2D eigenvalue weighted by Gasteiger charge is -2.19. The van der Waals surface area contributed by atoms with Crippen molar-refractivity contribution in [2.75, 3.05) is 17.1 Å². The van der Waals surface area contributed by atoms with Gasteiger partial charge in [0, 0.05) is 13.5 Å². The van der Waals surface area contributed by atoms with Crippen molar-refractivity contribution in [1.82, 2.24) is 0 Å². The van der Waals surface area contributed by atoms with E-state index in [1.165, 1.54) is 31.3 Å². The minimum Gasteiger partial charge on any atom is -0.273 e. The van der Waals surface area contributed by atoms with Gasteiger partial charge in [0.15, 0.2) is 0 Å². The van der Waals surface area contributed by atoms with Crippen LogP contribution in [0.25, 0.3) is 0 Å². The first-order chi connectivity index (χ1) is 9.15. The molecule has 20 heavy (non-hydrogen) atoms. The van der Waals surface area contributed by atoms with E-state index in [-0.39, 0.29) is 11.3 Å². The molecule has 0 aliphatic heterocycles. The average molecular weight is 306 g/mol. The molecule has 0 amide bonds. The van der Waals surface area contributed by atoms with Gasteiger partial charge in [0.05, 0.1) is 23.1 Å². The monoisotopic (exact) mass is 306 g/mol. The second kappa shape index (κ2) is 6.13. The zero-order chi connectivity index (χ0) is 15.4. The highest BCUT2D eigenvalue weighted by Gasteiger charge is 2.28. The number of alkyl halides is 3. The second-order valence-electron chi connectivity index (χ2n) is 4.16. The van der Waals surface area contributed by atoms with Gasteiger partial charge in [-0.3, -0.25) is 4.31 Å². The number of nitrogens with zero attached hydrogens (tertiary/aromatic N) is 2. The van der Waals surface area contributed by atoms with Crippen molar-refractivity contribution >= 4 is 15.7 Å². The Morgan fingerprint density at radius 2 is 2.00 bits per heavy atom. The Morgan fingerprint density at radius 1 is 1.35 bits per heavy atom. The third-order valence-electron chi connectivity index (χ3n) is 2.62. The summed E-state index contributed by atoms with van der Waals surface area (Å²) in [5, 5.41) is 8.73. The van der Waals surface area contributed by atoms with Gasteiger partial charge in [-0.2, -0.15) is 18.4 Å². The van der Waals surface area contributed by atoms with Gasteiger partial charge in [0.1, 0.15) is 0 Å². The van der Waals surface area contributed by atoms with E-state index in [1.807, 2.05) is 6.07 Å². The normalized spacial score (nSPS) is 11.9. The van der Waals surface area contributed by atoms with Crippen molar-refractivity contribution in [1.29, 1.82) is 5.26 Å². The quantitative estimate of drug-likeness (QED) is 0.840. The van der Waals surface area contributed by atoms with E-state index in [0.29, 0.717) is 0 Å². The molecule has 0 spiro atoms. The van der Waals surface area contributed by atoms with E-state index in [1.54, 1.807) is 0 Å². The van der Waals surface area contributed by atoms with Crippen LogP contribution in [0, 0.1) is 11.3 Å². The number of rotatable bonds is 5. The van der Waals surface area contributed by atoms with Gasteiger partial charge in [0.25, 0.3) is 0 Å². The van der Waals surface area contributed by atoms with E-state index >= 15 is 0 Å². The van der Waals surface area contributed by atoms with Gasteiger partial charge in [-0.15, -0.1) is 0 Å². The molecule has 1 aromatic rings. The Bertz CT molecular complexity index is 606. The minimum absolute atomic E-state index is 0.246. The van der Waals surface area contributed by atoms with Gasteiger partial charge in [-0.25, -0.2) is 8.42 Å². The zero-order valence-electron chi connectivity index (χ0n) is 10.7. The molecule has 110 valence electrons. The standard InChI is InChI=1S/C12H13F3N2O2S/c1-17(11-5-2-4-10(8-11)9-16)20(18,19)7-3-6-12(13,14)15/h2,4-5,8H,3,6-7H2,1H3. The van der Waals surface area contributed by atoms with Gasteiger partial charge >= 0.3 is 6.18 Å². The summed E-state index contributed by atoms with van der Waals surface area (Å²) in [7, 11) is -2.59. The van der Waals surface area contributed by atoms with Crippen molar-refractivity contribution in [2.24, 2.45) is 0 Å². The molecule has 0 radical (unpaired) electrons. The van der Waals surface area contributed by atoms with E-state index in [9.17, 15) is 21.6 Å². The number of nitriles is 1. The van der Waals surface area contributed by atoms with E-state index in [2.05, 4.69) is 0 Å². The summed E-state index contributed by atoms with van der Waals surface area (Å²) in [6.07, 6.45) is -6.00. The molecule has 1 rings (SSSR count). The van der Waals surface area contributed by atoms with Crippen LogP contribution in [0.15, 0.2) is 24.3 Å². The summed E-state index contributed by atoms with van der Waals surface area (Å²) in [6, 6.07) is 7.72. The fraction of sp³-hybridized carbons (Fsp3) is 0.417. The Morgan fingerprint density at radius 3 is 2.55 bits per heavy atom. The second-order valence-corrected chi connectivity index (χ2v) is 6.28. The molecule has 0 saturated carbocycles. The predicted molar refractivity (Wildman–Crippen MR) is 68.6 cm³/mol. The van der Waals surface area contributed by atoms with Gasteiger partial charge in [-0.1, -0.05) is 6.07 Å². The number of hydrogen-bond acceptors (Lipinski definition) is 3. The van der Waals surface area contributed by atoms with Crippen LogP contribution in [-0.4, -0.2) is 27.4 Å². The first-order valence-electron chi connectivity index (χ1n) is 5.69. The van der Waals surface area contributed by atoms with Crippen molar-refractivity contribution < 1.29 is 21.6 Å². The number of halogens is 3. The van der Waals surface area contributed by atoms with Crippen molar-refractivity contribution in [3.63, 3.8) is 0 Å². The Labute approximate surface area is 115 Å². The van der Waals surface area contributed by atoms with Gasteiger partial charge in [-0.05, 0) is 24.6 Å². The Hall–Kier alpha value is -1.75. The van der Waals surface area contributed by atoms with Crippen LogP contribution in [0.2, 0.25) is 0 Å². The zero-order valence-corrected chi connectivity index (χ0v) is 11.5. The average Bonchev–Trinajstić information content (AvgIpc) is 2.36. The highest BCUT2D eigenvalue weighted by atomic mass is 32.2. The van der Waals surface area contributed by atoms with Crippen LogP contribution in [0.5, 0.6) is 0 Å². The number of benzene rings is 1. The first kappa shape index (κ1) is 16.3. The summed E-state index contributed by atoms with van der Waals surface area (Å²) >= 11 is 0. The predicted octanol–water partition coefficient (Wildman–Crippen LogP) is 2.67. The Kier molecular flexibility index (Phi) is 5.00. The smallest absolute Gasteiger partial charge is 0.273 e. The van der Waals surface area contributed by atoms with Crippen LogP contribution >= 0.6 is 0 Å². The van der Waals surface area contributed by atoms with Crippen LogP contribution < -0.4 is 4.31 Å². The molecule has 8 heteroatoms. The van der Waals surface area contributed by atoms with E-state index in [4.69, 9.17) is 5.26 Å². The van der Waals surface area contributed by atoms with Crippen molar-refractivity contribution in [3.8, 4) is 6.07 Å². The maximum Gasteiger partial charge on any atom is 0.389 e. The number of anilines is 1. The molecule has 0 aliphatic carbocycles. The fourth-order valence-electron chi connectivity index (χ4n) is 1.52. The SMILES string of the molecule is CN(c1cccc(C#N)c1)S(=O)(=O)CCCC(F)(F)F. The third kappa shape index (κ3) is 4.74. The molecule has 0 aliphatic rings. The lowest BCUT2D eigenvalue weighted by molar-refractivity contribution is -0.134. The molecule has 0 saturated heterocycles. The molecule has 0 atom stereocenters. The van der Waals surface area contributed by atoms with Gasteiger partial charge < -0.3 is 0 Å². The molecule has 1 aromatic carbocycles. The third-order valence-corrected chi connectivity index (χ3v) is 4.47. The molecule has 0 bridgehead atoms. The van der Waals surface area contributed by atoms with Crippen molar-refractivity contribution in [3.05, 3.63) is 29.8 Å². The number of sulfonamides is 1. The van der Waals surface area contributed by atoms with Crippen LogP contribution in [-0.2, 0) is 10.0 Å². The van der Waals surface area contributed by atoms with E-state index < -0.39 is 34.8 Å². The topological polar surface area (TPSA) is 61.2 Å². The lowest BCUT2D eigenvalue weighted by Crippen LogP contribution is -2.29. The molecular formula is C12H13F3N2O2S. The maximum atomic E-state index is 12.0. The molecule has 0 N–H and O–H groups in total. The lowest BCUT2D eigenvalue weighted by atomic mass is 10.2. The number of hydrogen-bond donors (Lipinski definition) is 0.